The van der Waals surface area contributed by atoms with E-state index >= 15 is 0 Å². The molecule has 2 atom stereocenters. The second-order valence-electron chi connectivity index (χ2n) is 7.56. The van der Waals surface area contributed by atoms with Gasteiger partial charge in [0, 0.05) is 31.3 Å². The van der Waals surface area contributed by atoms with Gasteiger partial charge in [-0.3, -0.25) is 9.78 Å². The average Bonchev–Trinajstić information content (AvgIpc) is 3.29. The number of hydrogen-bond acceptors (Lipinski definition) is 8. The summed E-state index contributed by atoms with van der Waals surface area (Å²) in [6, 6.07) is 7.22. The molecule has 0 aliphatic carbocycles. The van der Waals surface area contributed by atoms with Crippen molar-refractivity contribution in [1.29, 1.82) is 0 Å². The number of aromatic nitrogens is 4. The number of aryl methyl sites for hydroxylation is 1. The molecule has 1 aromatic carbocycles. The molecule has 1 saturated heterocycles. The minimum atomic E-state index is -0.616. The van der Waals surface area contributed by atoms with Crippen LogP contribution in [-0.2, 0) is 4.79 Å². The van der Waals surface area contributed by atoms with Gasteiger partial charge in [0.05, 0.1) is 19.0 Å². The molecule has 3 heterocycles. The lowest BCUT2D eigenvalue weighted by Crippen LogP contribution is -2.45. The van der Waals surface area contributed by atoms with Gasteiger partial charge in [0.15, 0.2) is 11.9 Å². The van der Waals surface area contributed by atoms with Crippen molar-refractivity contribution in [3.63, 3.8) is 0 Å². The van der Waals surface area contributed by atoms with E-state index in [-0.39, 0.29) is 11.8 Å². The molecule has 3 aromatic rings. The van der Waals surface area contributed by atoms with E-state index < -0.39 is 6.10 Å². The van der Waals surface area contributed by atoms with Crippen molar-refractivity contribution < 1.29 is 18.8 Å². The Labute approximate surface area is 180 Å². The Hall–Kier alpha value is -3.49. The topological polar surface area (TPSA) is 103 Å². The van der Waals surface area contributed by atoms with Gasteiger partial charge in [0.2, 0.25) is 0 Å². The molecule has 1 aliphatic heterocycles. The summed E-state index contributed by atoms with van der Waals surface area (Å²) in [4.78, 5) is 27.8. The molecule has 0 spiro atoms. The van der Waals surface area contributed by atoms with Crippen LogP contribution in [0.4, 0.5) is 0 Å². The summed E-state index contributed by atoms with van der Waals surface area (Å²) in [5, 5.41) is 4.13. The van der Waals surface area contributed by atoms with Crippen LogP contribution < -0.4 is 9.47 Å². The standard InChI is InChI=1S/C22H25N5O4/c1-14-11-24-19(12-23-14)21-25-20(26-31-21)16-6-5-9-27(13-16)22(28)15(2)30-18-8-4-7-17(10-18)29-3/h4,7-8,10-12,15-16H,5-6,9,13H2,1-3H3/t15-,16-/m0/s1. The number of methoxy groups -OCH3 is 1. The number of benzene rings is 1. The van der Waals surface area contributed by atoms with Crippen molar-refractivity contribution in [2.75, 3.05) is 20.2 Å². The van der Waals surface area contributed by atoms with E-state index in [1.807, 2.05) is 19.1 Å². The Kier molecular flexibility index (Phi) is 6.11. The molecule has 9 heteroatoms. The third kappa shape index (κ3) is 4.82. The summed E-state index contributed by atoms with van der Waals surface area (Å²) in [6.45, 7) is 4.81. The number of carbonyl (C=O) groups is 1. The largest absolute Gasteiger partial charge is 0.497 e. The predicted molar refractivity (Wildman–Crippen MR) is 112 cm³/mol. The highest BCUT2D eigenvalue weighted by Gasteiger charge is 2.31. The van der Waals surface area contributed by atoms with Crippen LogP contribution in [0.3, 0.4) is 0 Å². The fourth-order valence-electron chi connectivity index (χ4n) is 3.58. The van der Waals surface area contributed by atoms with Crippen LogP contribution in [0.25, 0.3) is 11.6 Å². The monoisotopic (exact) mass is 423 g/mol. The number of nitrogens with zero attached hydrogens (tertiary/aromatic N) is 5. The molecule has 31 heavy (non-hydrogen) atoms. The molecule has 162 valence electrons. The molecular formula is C22H25N5O4. The van der Waals surface area contributed by atoms with Gasteiger partial charge in [-0.05, 0) is 38.8 Å². The lowest BCUT2D eigenvalue weighted by molar-refractivity contribution is -0.139. The predicted octanol–water partition coefficient (Wildman–Crippen LogP) is 3.02. The number of hydrogen-bond donors (Lipinski definition) is 0. The first-order chi connectivity index (χ1) is 15.0. The van der Waals surface area contributed by atoms with Gasteiger partial charge >= 0.3 is 0 Å². The van der Waals surface area contributed by atoms with Crippen LogP contribution in [0.1, 0.15) is 37.2 Å². The number of amides is 1. The summed E-state index contributed by atoms with van der Waals surface area (Å²) < 4.78 is 16.4. The Morgan fingerprint density at radius 2 is 2.10 bits per heavy atom. The molecule has 0 bridgehead atoms. The first kappa shape index (κ1) is 20.8. The van der Waals surface area contributed by atoms with Crippen molar-refractivity contribution in [3.05, 3.63) is 48.2 Å². The normalized spacial score (nSPS) is 17.3. The Balaban J connectivity index is 1.41. The maximum absolute atomic E-state index is 13.0. The van der Waals surface area contributed by atoms with Gasteiger partial charge in [0.25, 0.3) is 11.8 Å². The SMILES string of the molecule is COc1cccc(O[C@@H](C)C(=O)N2CCC[C@H](c3noc(-c4cnc(C)cn4)n3)C2)c1. The molecule has 9 nitrogen and oxygen atoms in total. The van der Waals surface area contributed by atoms with Crippen LogP contribution in [0.5, 0.6) is 11.5 Å². The van der Waals surface area contributed by atoms with E-state index in [9.17, 15) is 4.79 Å². The lowest BCUT2D eigenvalue weighted by Gasteiger charge is -2.33. The Morgan fingerprint density at radius 3 is 2.87 bits per heavy atom. The molecule has 0 N–H and O–H groups in total. The number of likely N-dealkylation sites (tertiary alicyclic amines) is 1. The highest BCUT2D eigenvalue weighted by molar-refractivity contribution is 5.81. The summed E-state index contributed by atoms with van der Waals surface area (Å²) in [5.41, 5.74) is 1.35. The maximum atomic E-state index is 13.0. The number of carbonyl (C=O) groups excluding carboxylic acids is 1. The van der Waals surface area contributed by atoms with E-state index in [2.05, 4.69) is 20.1 Å². The van der Waals surface area contributed by atoms with Gasteiger partial charge in [0.1, 0.15) is 17.2 Å². The number of rotatable bonds is 6. The smallest absolute Gasteiger partial charge is 0.278 e. The molecule has 1 amide bonds. The highest BCUT2D eigenvalue weighted by atomic mass is 16.5. The summed E-state index contributed by atoms with van der Waals surface area (Å²) in [6.07, 6.45) is 4.39. The summed E-state index contributed by atoms with van der Waals surface area (Å²) >= 11 is 0. The van der Waals surface area contributed by atoms with E-state index in [1.54, 1.807) is 43.5 Å². The third-order valence-corrected chi connectivity index (χ3v) is 5.24. The maximum Gasteiger partial charge on any atom is 0.278 e. The van der Waals surface area contributed by atoms with Crippen molar-refractivity contribution in [2.45, 2.75) is 38.7 Å². The van der Waals surface area contributed by atoms with E-state index in [0.29, 0.717) is 42.0 Å². The van der Waals surface area contributed by atoms with Crippen molar-refractivity contribution in [1.82, 2.24) is 25.0 Å². The van der Waals surface area contributed by atoms with Gasteiger partial charge in [-0.1, -0.05) is 11.2 Å². The van der Waals surface area contributed by atoms with Crippen molar-refractivity contribution >= 4 is 5.91 Å². The van der Waals surface area contributed by atoms with Gasteiger partial charge in [-0.15, -0.1) is 0 Å². The van der Waals surface area contributed by atoms with Gasteiger partial charge in [-0.2, -0.15) is 4.98 Å². The highest BCUT2D eigenvalue weighted by Crippen LogP contribution is 2.27. The Morgan fingerprint density at radius 1 is 1.26 bits per heavy atom. The second-order valence-corrected chi connectivity index (χ2v) is 7.56. The molecule has 0 unspecified atom stereocenters. The zero-order valence-electron chi connectivity index (χ0n) is 17.8. The number of ether oxygens (including phenoxy) is 2. The Bertz CT molecular complexity index is 1040. The minimum Gasteiger partial charge on any atom is -0.497 e. The van der Waals surface area contributed by atoms with Crippen molar-refractivity contribution in [3.8, 4) is 23.1 Å². The molecule has 1 fully saturated rings. The minimum absolute atomic E-state index is 0.00220. The van der Waals surface area contributed by atoms with Crippen LogP contribution in [0.15, 0.2) is 41.2 Å². The molecule has 2 aromatic heterocycles. The van der Waals surface area contributed by atoms with Crippen LogP contribution in [0.2, 0.25) is 0 Å². The summed E-state index contributed by atoms with van der Waals surface area (Å²) in [5.74, 6) is 2.12. The molecule has 1 aliphatic rings. The van der Waals surface area contributed by atoms with Crippen LogP contribution in [0, 0.1) is 6.92 Å². The first-order valence-corrected chi connectivity index (χ1v) is 10.3. The first-order valence-electron chi connectivity index (χ1n) is 10.3. The van der Waals surface area contributed by atoms with Crippen molar-refractivity contribution in [2.24, 2.45) is 0 Å². The molecule has 4 rings (SSSR count). The van der Waals surface area contributed by atoms with Crippen LogP contribution >= 0.6 is 0 Å². The van der Waals surface area contributed by atoms with Gasteiger partial charge < -0.3 is 18.9 Å². The van der Waals surface area contributed by atoms with Crippen LogP contribution in [-0.4, -0.2) is 57.2 Å². The fourth-order valence-corrected chi connectivity index (χ4v) is 3.58. The fraction of sp³-hybridized carbons (Fsp3) is 0.409. The number of piperidine rings is 1. The molecule has 0 radical (unpaired) electrons. The van der Waals surface area contributed by atoms with E-state index in [4.69, 9.17) is 14.0 Å². The third-order valence-electron chi connectivity index (χ3n) is 5.24. The zero-order chi connectivity index (χ0) is 21.8. The molecular weight excluding hydrogens is 398 g/mol. The van der Waals surface area contributed by atoms with E-state index in [0.717, 1.165) is 18.5 Å². The summed E-state index contributed by atoms with van der Waals surface area (Å²) in [7, 11) is 1.59. The second kappa shape index (κ2) is 9.11. The zero-order valence-corrected chi connectivity index (χ0v) is 17.8. The van der Waals surface area contributed by atoms with Gasteiger partial charge in [-0.25, -0.2) is 4.98 Å². The quantitative estimate of drug-likeness (QED) is 0.596. The molecule has 0 saturated carbocycles. The lowest BCUT2D eigenvalue weighted by atomic mass is 9.97. The average molecular weight is 423 g/mol. The van der Waals surface area contributed by atoms with E-state index in [1.165, 1.54) is 0 Å².